The molecule has 22 heavy (non-hydrogen) atoms. The Hall–Kier alpha value is 0.370. The molecule has 0 saturated carbocycles. The minimum atomic E-state index is -5.19. The van der Waals surface area contributed by atoms with E-state index in [2.05, 4.69) is 0 Å². The van der Waals surface area contributed by atoms with Crippen molar-refractivity contribution < 1.29 is 34.2 Å². The average molecular weight is 414 g/mol. The van der Waals surface area contributed by atoms with Crippen LogP contribution < -0.4 is 5.73 Å². The van der Waals surface area contributed by atoms with Gasteiger partial charge >= 0.3 is 15.2 Å². The summed E-state index contributed by atoms with van der Waals surface area (Å²) in [5.74, 6) is -0.0231. The highest BCUT2D eigenvalue weighted by Crippen LogP contribution is 2.67. The van der Waals surface area contributed by atoms with E-state index in [-0.39, 0.29) is 11.2 Å². The minimum Gasteiger partial charge on any atom is -0.412 e. The second-order valence-corrected chi connectivity index (χ2v) is 10.2. The number of nitrogens with two attached hydrogens (primary N) is 1. The molecule has 0 aromatic heterocycles. The van der Waals surface area contributed by atoms with Gasteiger partial charge in [-0.15, -0.1) is 11.8 Å². The molecule has 0 saturated heterocycles. The molecule has 0 heterocycles. The Bertz CT molecular complexity index is 598. The lowest BCUT2D eigenvalue weighted by Gasteiger charge is -2.30. The maximum atomic E-state index is 11.3. The molecule has 1 rings (SSSR count). The normalized spacial score (nSPS) is 12.9. The third kappa shape index (κ3) is 5.19. The van der Waals surface area contributed by atoms with Gasteiger partial charge in [0.2, 0.25) is 5.02 Å². The molecule has 0 fully saturated rings. The summed E-state index contributed by atoms with van der Waals surface area (Å²) in [6.07, 6.45) is -0.577. The molecule has 0 spiro atoms. The summed E-state index contributed by atoms with van der Waals surface area (Å²) < 4.78 is 22.5. The van der Waals surface area contributed by atoms with Crippen LogP contribution in [0.1, 0.15) is 6.42 Å². The Morgan fingerprint density at radius 1 is 1.09 bits per heavy atom. The van der Waals surface area contributed by atoms with Crippen molar-refractivity contribution in [2.45, 2.75) is 16.3 Å². The first-order valence-corrected chi connectivity index (χ1v) is 10.3. The van der Waals surface area contributed by atoms with Gasteiger partial charge < -0.3 is 30.8 Å². The van der Waals surface area contributed by atoms with Crippen molar-refractivity contribution in [2.75, 3.05) is 5.75 Å². The fraction of sp³-hybridized carbons (Fsp3) is 0.333. The van der Waals surface area contributed by atoms with Gasteiger partial charge in [0.25, 0.3) is 0 Å². The second-order valence-electron chi connectivity index (χ2n) is 4.14. The lowest BCUT2D eigenvalue weighted by molar-refractivity contribution is 0.306. The zero-order valence-electron chi connectivity index (χ0n) is 10.9. The molecule has 8 nitrogen and oxygen atoms in total. The molecule has 0 bridgehead atoms. The van der Waals surface area contributed by atoms with Crippen LogP contribution in [0.4, 0.5) is 0 Å². The average Bonchev–Trinajstić information content (AvgIpc) is 2.30. The summed E-state index contributed by atoms with van der Waals surface area (Å²) >= 11 is 12.6. The molecule has 0 radical (unpaired) electrons. The van der Waals surface area contributed by atoms with Crippen molar-refractivity contribution in [1.29, 1.82) is 0 Å². The number of benzene rings is 1. The lowest BCUT2D eigenvalue weighted by Crippen LogP contribution is -2.39. The van der Waals surface area contributed by atoms with Crippen LogP contribution in [0.2, 0.25) is 10.0 Å². The highest BCUT2D eigenvalue weighted by Gasteiger charge is 2.56. The van der Waals surface area contributed by atoms with E-state index in [0.29, 0.717) is 14.9 Å². The minimum absolute atomic E-state index is 0. The van der Waals surface area contributed by atoms with E-state index < -0.39 is 26.6 Å². The summed E-state index contributed by atoms with van der Waals surface area (Å²) in [5.41, 5.74) is 5.28. The first kappa shape index (κ1) is 22.4. The number of hydrogen-bond donors (Lipinski definition) is 5. The van der Waals surface area contributed by atoms with E-state index in [1.54, 1.807) is 6.07 Å². The summed E-state index contributed by atoms with van der Waals surface area (Å²) in [6.45, 7) is 0. The first-order valence-electron chi connectivity index (χ1n) is 5.36. The largest absolute Gasteiger partial charge is 0.412 e. The van der Waals surface area contributed by atoms with Gasteiger partial charge in [-0.3, -0.25) is 9.13 Å². The van der Waals surface area contributed by atoms with Gasteiger partial charge in [0.15, 0.2) is 0 Å². The van der Waals surface area contributed by atoms with Crippen LogP contribution in [0.25, 0.3) is 0 Å². The third-order valence-corrected chi connectivity index (χ3v) is 8.40. The lowest BCUT2D eigenvalue weighted by atomic mass is 10.4. The van der Waals surface area contributed by atoms with Gasteiger partial charge in [-0.2, -0.15) is 0 Å². The highest BCUT2D eigenvalue weighted by molar-refractivity contribution is 7.99. The Balaban J connectivity index is 0.00000441. The molecule has 0 aliphatic rings. The Morgan fingerprint density at radius 2 is 1.59 bits per heavy atom. The zero-order chi connectivity index (χ0) is 16.5. The van der Waals surface area contributed by atoms with E-state index in [4.69, 9.17) is 48.5 Å². The molecule has 0 unspecified atom stereocenters. The quantitative estimate of drug-likeness (QED) is 0.345. The predicted molar refractivity (Wildman–Crippen MR) is 86.4 cm³/mol. The maximum Gasteiger partial charge on any atom is 0.357 e. The standard InChI is InChI=1S/C9H13Cl2NO6P2S.H2O/c10-7-2-1-6(5-8(7)11)21-4-3-9(12,19(13,14)15)20(16,17)18;/h1-2,5H,3-4,12H2,(H2,13,14,15)(H2,16,17,18);1H2. The molecule has 1 aromatic carbocycles. The van der Waals surface area contributed by atoms with Gasteiger partial charge in [0, 0.05) is 10.6 Å². The van der Waals surface area contributed by atoms with Gasteiger partial charge in [-0.25, -0.2) is 0 Å². The Kier molecular flexibility index (Phi) is 8.10. The maximum absolute atomic E-state index is 11.3. The van der Waals surface area contributed by atoms with E-state index in [9.17, 15) is 9.13 Å². The number of halogens is 2. The van der Waals surface area contributed by atoms with E-state index in [0.717, 1.165) is 11.8 Å². The Labute approximate surface area is 140 Å². The fourth-order valence-electron chi connectivity index (χ4n) is 1.35. The summed E-state index contributed by atoms with van der Waals surface area (Å²) in [4.78, 5) is 37.0. The fourth-order valence-corrected chi connectivity index (χ4v) is 5.20. The molecular weight excluding hydrogens is 399 g/mol. The van der Waals surface area contributed by atoms with Crippen LogP contribution in [0, 0.1) is 0 Å². The summed E-state index contributed by atoms with van der Waals surface area (Å²) in [7, 11) is -10.4. The highest BCUT2D eigenvalue weighted by atomic mass is 35.5. The van der Waals surface area contributed by atoms with Crippen LogP contribution in [-0.2, 0) is 9.13 Å². The van der Waals surface area contributed by atoms with Gasteiger partial charge in [-0.05, 0) is 24.6 Å². The van der Waals surface area contributed by atoms with Crippen LogP contribution in [-0.4, -0.2) is 35.8 Å². The van der Waals surface area contributed by atoms with Crippen molar-refractivity contribution in [3.05, 3.63) is 28.2 Å². The van der Waals surface area contributed by atoms with Crippen LogP contribution >= 0.6 is 50.2 Å². The number of rotatable bonds is 6. The third-order valence-electron chi connectivity index (χ3n) is 2.64. The number of hydrogen-bond acceptors (Lipinski definition) is 4. The van der Waals surface area contributed by atoms with E-state index in [1.165, 1.54) is 12.1 Å². The first-order chi connectivity index (χ1) is 9.38. The molecule has 13 heteroatoms. The summed E-state index contributed by atoms with van der Waals surface area (Å²) in [5, 5.41) is -2.26. The van der Waals surface area contributed by atoms with E-state index in [1.807, 2.05) is 0 Å². The molecule has 8 N–H and O–H groups in total. The van der Waals surface area contributed by atoms with Crippen molar-refractivity contribution in [3.63, 3.8) is 0 Å². The monoisotopic (exact) mass is 413 g/mol. The van der Waals surface area contributed by atoms with Gasteiger partial charge in [-0.1, -0.05) is 23.2 Å². The molecule has 0 aliphatic heterocycles. The summed E-state index contributed by atoms with van der Waals surface area (Å²) in [6, 6.07) is 4.68. The zero-order valence-corrected chi connectivity index (χ0v) is 15.0. The van der Waals surface area contributed by atoms with Crippen molar-refractivity contribution in [1.82, 2.24) is 0 Å². The van der Waals surface area contributed by atoms with Crippen LogP contribution in [0.5, 0.6) is 0 Å². The topological polar surface area (TPSA) is 173 Å². The van der Waals surface area contributed by atoms with Gasteiger partial charge in [0.05, 0.1) is 10.0 Å². The Morgan fingerprint density at radius 3 is 2.00 bits per heavy atom. The van der Waals surface area contributed by atoms with E-state index >= 15 is 0 Å². The SMILES string of the molecule is NC(CCSc1ccc(Cl)c(Cl)c1)(P(=O)(O)O)P(=O)(O)O.O. The van der Waals surface area contributed by atoms with Gasteiger partial charge in [0.1, 0.15) is 0 Å². The smallest absolute Gasteiger partial charge is 0.357 e. The van der Waals surface area contributed by atoms with Crippen molar-refractivity contribution in [2.24, 2.45) is 5.73 Å². The second kappa shape index (κ2) is 7.96. The van der Waals surface area contributed by atoms with Crippen molar-refractivity contribution >= 4 is 50.2 Å². The predicted octanol–water partition coefficient (Wildman–Crippen LogP) is 1.62. The molecule has 1 aromatic rings. The molecule has 0 atom stereocenters. The van der Waals surface area contributed by atoms with Crippen LogP contribution in [0.15, 0.2) is 23.1 Å². The van der Waals surface area contributed by atoms with Crippen LogP contribution in [0.3, 0.4) is 0 Å². The molecular formula is C9H15Cl2NO7P2S. The van der Waals surface area contributed by atoms with Crippen molar-refractivity contribution in [3.8, 4) is 0 Å². The molecule has 0 amide bonds. The molecule has 0 aliphatic carbocycles. The molecule has 128 valence electrons. The number of thioether (sulfide) groups is 1.